The first-order valence-corrected chi connectivity index (χ1v) is 7.52. The predicted octanol–water partition coefficient (Wildman–Crippen LogP) is 3.82. The van der Waals surface area contributed by atoms with E-state index in [0.717, 1.165) is 42.7 Å². The summed E-state index contributed by atoms with van der Waals surface area (Å²) in [6, 6.07) is 18.3. The molecule has 0 bridgehead atoms. The average Bonchev–Trinajstić information content (AvgIpc) is 2.54. The second-order valence-electron chi connectivity index (χ2n) is 5.24. The Morgan fingerprint density at radius 1 is 0.955 bits per heavy atom. The van der Waals surface area contributed by atoms with E-state index in [4.69, 9.17) is 16.2 Å². The molecular weight excluding hydrogens is 296 g/mol. The van der Waals surface area contributed by atoms with Crippen LogP contribution in [0, 0.1) is 0 Å². The van der Waals surface area contributed by atoms with Gasteiger partial charge in [0.2, 0.25) is 0 Å². The molecule has 0 radical (unpaired) electrons. The van der Waals surface area contributed by atoms with Gasteiger partial charge in [0.25, 0.3) is 0 Å². The van der Waals surface area contributed by atoms with Crippen LogP contribution in [-0.2, 0) is 6.61 Å². The molecule has 0 amide bonds. The SMILES string of the molecule is Cl.NCCCC[C@@H](N)c1cccc(OCc2ccccc2)c1. The Kier molecular flexibility index (Phi) is 8.60. The van der Waals surface area contributed by atoms with E-state index in [1.54, 1.807) is 0 Å². The molecule has 2 aromatic carbocycles. The lowest BCUT2D eigenvalue weighted by atomic mass is 10.0. The lowest BCUT2D eigenvalue weighted by molar-refractivity contribution is 0.305. The van der Waals surface area contributed by atoms with E-state index >= 15 is 0 Å². The molecule has 1 atom stereocenters. The smallest absolute Gasteiger partial charge is 0.120 e. The molecule has 2 aromatic rings. The van der Waals surface area contributed by atoms with E-state index < -0.39 is 0 Å². The molecule has 0 spiro atoms. The second kappa shape index (κ2) is 10.2. The van der Waals surface area contributed by atoms with E-state index in [9.17, 15) is 0 Å². The van der Waals surface area contributed by atoms with Gasteiger partial charge in [-0.3, -0.25) is 0 Å². The standard InChI is InChI=1S/C18H24N2O.ClH/c19-12-5-4-11-18(20)16-9-6-10-17(13-16)21-14-15-7-2-1-3-8-15;/h1-3,6-10,13,18H,4-5,11-12,14,19-20H2;1H/t18-;/m1./s1. The Morgan fingerprint density at radius 3 is 2.45 bits per heavy atom. The van der Waals surface area contributed by atoms with E-state index in [1.807, 2.05) is 36.4 Å². The molecule has 0 aliphatic rings. The second-order valence-corrected chi connectivity index (χ2v) is 5.24. The summed E-state index contributed by atoms with van der Waals surface area (Å²) in [5.74, 6) is 0.866. The summed E-state index contributed by atoms with van der Waals surface area (Å²) >= 11 is 0. The summed E-state index contributed by atoms with van der Waals surface area (Å²) in [4.78, 5) is 0. The summed E-state index contributed by atoms with van der Waals surface area (Å²) in [7, 11) is 0. The topological polar surface area (TPSA) is 61.3 Å². The fourth-order valence-electron chi connectivity index (χ4n) is 2.25. The van der Waals surface area contributed by atoms with E-state index in [2.05, 4.69) is 18.2 Å². The molecule has 0 saturated carbocycles. The van der Waals surface area contributed by atoms with Crippen LogP contribution in [0.25, 0.3) is 0 Å². The number of rotatable bonds is 8. The molecule has 0 aliphatic heterocycles. The minimum atomic E-state index is 0. The number of halogens is 1. The van der Waals surface area contributed by atoms with E-state index in [-0.39, 0.29) is 18.4 Å². The normalized spacial score (nSPS) is 11.5. The highest BCUT2D eigenvalue weighted by atomic mass is 35.5. The lowest BCUT2D eigenvalue weighted by Crippen LogP contribution is -2.11. The minimum absolute atomic E-state index is 0. The van der Waals surface area contributed by atoms with Crippen molar-refractivity contribution in [2.24, 2.45) is 11.5 Å². The van der Waals surface area contributed by atoms with Crippen LogP contribution >= 0.6 is 12.4 Å². The highest BCUT2D eigenvalue weighted by Gasteiger charge is 2.07. The molecule has 4 heteroatoms. The zero-order valence-corrected chi connectivity index (χ0v) is 13.6. The molecular formula is C18H25ClN2O. The number of nitrogens with two attached hydrogens (primary N) is 2. The summed E-state index contributed by atoms with van der Waals surface area (Å²) in [5.41, 5.74) is 14.0. The third-order valence-corrected chi connectivity index (χ3v) is 3.50. The van der Waals surface area contributed by atoms with Crippen molar-refractivity contribution in [2.45, 2.75) is 31.9 Å². The van der Waals surface area contributed by atoms with Gasteiger partial charge in [-0.1, -0.05) is 48.9 Å². The number of ether oxygens (including phenoxy) is 1. The van der Waals surface area contributed by atoms with Gasteiger partial charge in [0.1, 0.15) is 12.4 Å². The van der Waals surface area contributed by atoms with Crippen LogP contribution in [-0.4, -0.2) is 6.54 Å². The van der Waals surface area contributed by atoms with Crippen molar-refractivity contribution in [1.82, 2.24) is 0 Å². The fourth-order valence-corrected chi connectivity index (χ4v) is 2.25. The van der Waals surface area contributed by atoms with Crippen LogP contribution in [0.5, 0.6) is 5.75 Å². The van der Waals surface area contributed by atoms with Crippen molar-refractivity contribution in [3.05, 3.63) is 65.7 Å². The molecule has 0 heterocycles. The van der Waals surface area contributed by atoms with Crippen molar-refractivity contribution < 1.29 is 4.74 Å². The van der Waals surface area contributed by atoms with Gasteiger partial charge in [-0.2, -0.15) is 0 Å². The average molecular weight is 321 g/mol. The van der Waals surface area contributed by atoms with Crippen LogP contribution in [0.3, 0.4) is 0 Å². The van der Waals surface area contributed by atoms with Gasteiger partial charge in [-0.25, -0.2) is 0 Å². The Labute approximate surface area is 139 Å². The monoisotopic (exact) mass is 320 g/mol. The number of unbranched alkanes of at least 4 members (excludes halogenated alkanes) is 1. The van der Waals surface area contributed by atoms with Crippen LogP contribution < -0.4 is 16.2 Å². The number of benzene rings is 2. The Bertz CT molecular complexity index is 534. The van der Waals surface area contributed by atoms with Gasteiger partial charge in [-0.15, -0.1) is 12.4 Å². The van der Waals surface area contributed by atoms with E-state index in [0.29, 0.717) is 6.61 Å². The largest absolute Gasteiger partial charge is 0.489 e. The zero-order valence-electron chi connectivity index (χ0n) is 12.8. The summed E-state index contributed by atoms with van der Waals surface area (Å²) in [6.45, 7) is 1.31. The third-order valence-electron chi connectivity index (χ3n) is 3.50. The molecule has 0 saturated heterocycles. The molecule has 22 heavy (non-hydrogen) atoms. The molecule has 3 nitrogen and oxygen atoms in total. The van der Waals surface area contributed by atoms with Crippen molar-refractivity contribution in [3.8, 4) is 5.75 Å². The Hall–Kier alpha value is -1.55. The Balaban J connectivity index is 0.00000242. The molecule has 0 aliphatic carbocycles. The molecule has 120 valence electrons. The third kappa shape index (κ3) is 6.06. The van der Waals surface area contributed by atoms with Gasteiger partial charge >= 0.3 is 0 Å². The summed E-state index contributed by atoms with van der Waals surface area (Å²) < 4.78 is 5.83. The van der Waals surface area contributed by atoms with Crippen LogP contribution in [0.15, 0.2) is 54.6 Å². The first kappa shape index (κ1) is 18.5. The van der Waals surface area contributed by atoms with Crippen LogP contribution in [0.1, 0.15) is 36.4 Å². The summed E-state index contributed by atoms with van der Waals surface area (Å²) in [5, 5.41) is 0. The quantitative estimate of drug-likeness (QED) is 0.727. The molecule has 0 fully saturated rings. The van der Waals surface area contributed by atoms with Crippen molar-refractivity contribution in [1.29, 1.82) is 0 Å². The number of hydrogen-bond donors (Lipinski definition) is 2. The lowest BCUT2D eigenvalue weighted by Gasteiger charge is -2.13. The fraction of sp³-hybridized carbons (Fsp3) is 0.333. The van der Waals surface area contributed by atoms with Gasteiger partial charge in [0.15, 0.2) is 0 Å². The first-order valence-electron chi connectivity index (χ1n) is 7.52. The molecule has 0 unspecified atom stereocenters. The van der Waals surface area contributed by atoms with Crippen molar-refractivity contribution >= 4 is 12.4 Å². The van der Waals surface area contributed by atoms with Crippen LogP contribution in [0.2, 0.25) is 0 Å². The van der Waals surface area contributed by atoms with Crippen molar-refractivity contribution in [2.75, 3.05) is 6.54 Å². The summed E-state index contributed by atoms with van der Waals surface area (Å²) in [6.07, 6.45) is 3.05. The van der Waals surface area contributed by atoms with Crippen LogP contribution in [0.4, 0.5) is 0 Å². The number of hydrogen-bond acceptors (Lipinski definition) is 3. The van der Waals surface area contributed by atoms with Crippen molar-refractivity contribution in [3.63, 3.8) is 0 Å². The maximum Gasteiger partial charge on any atom is 0.120 e. The van der Waals surface area contributed by atoms with Gasteiger partial charge < -0.3 is 16.2 Å². The predicted molar refractivity (Wildman–Crippen MR) is 94.3 cm³/mol. The maximum absolute atomic E-state index is 6.22. The Morgan fingerprint density at radius 2 is 1.73 bits per heavy atom. The van der Waals surface area contributed by atoms with Gasteiger partial charge in [0, 0.05) is 6.04 Å². The zero-order chi connectivity index (χ0) is 14.9. The van der Waals surface area contributed by atoms with E-state index in [1.165, 1.54) is 0 Å². The van der Waals surface area contributed by atoms with Gasteiger partial charge in [-0.05, 0) is 42.6 Å². The maximum atomic E-state index is 6.22. The highest BCUT2D eigenvalue weighted by Crippen LogP contribution is 2.22. The minimum Gasteiger partial charge on any atom is -0.489 e. The molecule has 2 rings (SSSR count). The highest BCUT2D eigenvalue weighted by molar-refractivity contribution is 5.85. The molecule has 0 aromatic heterocycles. The van der Waals surface area contributed by atoms with Gasteiger partial charge in [0.05, 0.1) is 0 Å². The first-order chi connectivity index (χ1) is 10.3. The molecule has 4 N–H and O–H groups in total.